The molecule has 0 aliphatic carbocycles. The second-order valence-electron chi connectivity index (χ2n) is 7.78. The van der Waals surface area contributed by atoms with E-state index in [4.69, 9.17) is 11.6 Å². The zero-order chi connectivity index (χ0) is 20.8. The van der Waals surface area contributed by atoms with Crippen molar-refractivity contribution in [2.45, 2.75) is 38.5 Å². The normalized spacial score (nSPS) is 15.9. The van der Waals surface area contributed by atoms with Crippen LogP contribution in [0.15, 0.2) is 42.5 Å². The van der Waals surface area contributed by atoms with E-state index in [0.717, 1.165) is 24.6 Å². The van der Waals surface area contributed by atoms with Crippen molar-refractivity contribution in [3.63, 3.8) is 0 Å². The van der Waals surface area contributed by atoms with Crippen LogP contribution in [0.4, 0.5) is 10.1 Å². The van der Waals surface area contributed by atoms with E-state index in [9.17, 15) is 9.18 Å². The molecule has 1 N–H and O–H groups in total. The fourth-order valence-electron chi connectivity index (χ4n) is 3.50. The molecule has 3 rings (SSSR count). The fourth-order valence-corrected chi connectivity index (χ4v) is 4.48. The van der Waals surface area contributed by atoms with Crippen molar-refractivity contribution in [3.05, 3.63) is 64.4 Å². The Morgan fingerprint density at radius 1 is 1.24 bits per heavy atom. The van der Waals surface area contributed by atoms with Crippen molar-refractivity contribution in [2.24, 2.45) is 5.92 Å². The first kappa shape index (κ1) is 22.0. The van der Waals surface area contributed by atoms with Gasteiger partial charge in [-0.05, 0) is 61.1 Å². The molecule has 0 saturated carbocycles. The van der Waals surface area contributed by atoms with Crippen LogP contribution < -0.4 is 10.2 Å². The van der Waals surface area contributed by atoms with E-state index in [1.807, 2.05) is 6.92 Å². The second-order valence-corrected chi connectivity index (χ2v) is 9.20. The summed E-state index contributed by atoms with van der Waals surface area (Å²) in [5.41, 5.74) is 2.89. The third kappa shape index (κ3) is 6.38. The van der Waals surface area contributed by atoms with Crippen molar-refractivity contribution < 1.29 is 9.18 Å². The van der Waals surface area contributed by atoms with E-state index in [2.05, 4.69) is 41.4 Å². The molecule has 1 amide bonds. The topological polar surface area (TPSA) is 32.3 Å². The average Bonchev–Trinajstić information content (AvgIpc) is 2.70. The molecule has 2 aromatic carbocycles. The predicted molar refractivity (Wildman–Crippen MR) is 121 cm³/mol. The first-order chi connectivity index (χ1) is 13.9. The molecule has 1 fully saturated rings. The van der Waals surface area contributed by atoms with E-state index in [1.165, 1.54) is 36.4 Å². The summed E-state index contributed by atoms with van der Waals surface area (Å²) < 4.78 is 13.8. The van der Waals surface area contributed by atoms with Gasteiger partial charge < -0.3 is 10.2 Å². The van der Waals surface area contributed by atoms with Crippen molar-refractivity contribution >= 4 is 35.0 Å². The summed E-state index contributed by atoms with van der Waals surface area (Å²) in [4.78, 5) is 14.7. The van der Waals surface area contributed by atoms with E-state index in [-0.39, 0.29) is 23.5 Å². The number of anilines is 1. The number of carbonyl (C=O) groups excluding carboxylic acids is 1. The smallest absolute Gasteiger partial charge is 0.230 e. The zero-order valence-corrected chi connectivity index (χ0v) is 18.5. The Balaban J connectivity index is 1.45. The Hall–Kier alpha value is -1.72. The maximum Gasteiger partial charge on any atom is 0.230 e. The highest BCUT2D eigenvalue weighted by molar-refractivity contribution is 7.99. The lowest BCUT2D eigenvalue weighted by atomic mass is 9.98. The molecule has 0 unspecified atom stereocenters. The summed E-state index contributed by atoms with van der Waals surface area (Å²) >= 11 is 7.15. The maximum atomic E-state index is 13.8. The lowest BCUT2D eigenvalue weighted by Gasteiger charge is -2.32. The van der Waals surface area contributed by atoms with Gasteiger partial charge in [-0.3, -0.25) is 4.79 Å². The molecule has 1 aliphatic rings. The van der Waals surface area contributed by atoms with Gasteiger partial charge in [0.2, 0.25) is 5.91 Å². The van der Waals surface area contributed by atoms with Gasteiger partial charge in [-0.25, -0.2) is 4.39 Å². The highest BCUT2D eigenvalue weighted by atomic mass is 35.5. The van der Waals surface area contributed by atoms with Gasteiger partial charge >= 0.3 is 0 Å². The molecular formula is C23H28ClFN2OS. The molecule has 0 radical (unpaired) electrons. The summed E-state index contributed by atoms with van der Waals surface area (Å²) in [5.74, 6) is 1.16. The largest absolute Gasteiger partial charge is 0.372 e. The first-order valence-corrected chi connectivity index (χ1v) is 11.6. The predicted octanol–water partition coefficient (Wildman–Crippen LogP) is 5.83. The second kappa shape index (κ2) is 10.4. The standard InChI is InChI=1S/C23H28ClFN2OS/c1-16-9-11-27(12-10-16)21-7-4-18(5-8-21)17(2)26-23(28)15-29-14-19-3-6-20(24)13-22(19)25/h3-8,13,16-17H,9-12,14-15H2,1-2H3,(H,26,28)/t17-/m1/s1. The van der Waals surface area contributed by atoms with Gasteiger partial charge in [-0.2, -0.15) is 0 Å². The van der Waals surface area contributed by atoms with Crippen LogP contribution in [0.3, 0.4) is 0 Å². The third-order valence-corrected chi connectivity index (χ3v) is 6.64. The van der Waals surface area contributed by atoms with Gasteiger partial charge in [0.1, 0.15) is 5.82 Å². The lowest BCUT2D eigenvalue weighted by Crippen LogP contribution is -2.32. The van der Waals surface area contributed by atoms with Crippen LogP contribution in [0.25, 0.3) is 0 Å². The van der Waals surface area contributed by atoms with Crippen LogP contribution in [0, 0.1) is 11.7 Å². The van der Waals surface area contributed by atoms with Gasteiger partial charge in [-0.1, -0.05) is 36.7 Å². The van der Waals surface area contributed by atoms with Crippen molar-refractivity contribution in [2.75, 3.05) is 23.7 Å². The number of benzene rings is 2. The lowest BCUT2D eigenvalue weighted by molar-refractivity contribution is -0.119. The summed E-state index contributed by atoms with van der Waals surface area (Å²) in [6, 6.07) is 13.0. The van der Waals surface area contributed by atoms with E-state index in [0.29, 0.717) is 16.3 Å². The van der Waals surface area contributed by atoms with E-state index in [1.54, 1.807) is 12.1 Å². The number of nitrogens with zero attached hydrogens (tertiary/aromatic N) is 1. The molecule has 0 bridgehead atoms. The molecule has 2 aromatic rings. The van der Waals surface area contributed by atoms with Gasteiger partial charge in [0.25, 0.3) is 0 Å². The van der Waals surface area contributed by atoms with Crippen LogP contribution >= 0.6 is 23.4 Å². The molecule has 1 heterocycles. The number of hydrogen-bond donors (Lipinski definition) is 1. The quantitative estimate of drug-likeness (QED) is 0.595. The summed E-state index contributed by atoms with van der Waals surface area (Å²) in [7, 11) is 0. The SMILES string of the molecule is CC1CCN(c2ccc([C@@H](C)NC(=O)CSCc3ccc(Cl)cc3F)cc2)CC1. The molecule has 6 heteroatoms. The highest BCUT2D eigenvalue weighted by Gasteiger charge is 2.16. The summed E-state index contributed by atoms with van der Waals surface area (Å²) in [6.07, 6.45) is 2.48. The Kier molecular flexibility index (Phi) is 7.84. The fraction of sp³-hybridized carbons (Fsp3) is 0.435. The van der Waals surface area contributed by atoms with Crippen molar-refractivity contribution in [1.82, 2.24) is 5.32 Å². The van der Waals surface area contributed by atoms with Gasteiger partial charge in [-0.15, -0.1) is 11.8 Å². The number of thioether (sulfide) groups is 1. The van der Waals surface area contributed by atoms with Crippen LogP contribution in [0.2, 0.25) is 5.02 Å². The Labute approximate surface area is 182 Å². The first-order valence-electron chi connectivity index (χ1n) is 10.1. The highest BCUT2D eigenvalue weighted by Crippen LogP contribution is 2.25. The van der Waals surface area contributed by atoms with Gasteiger partial charge in [0.05, 0.1) is 11.8 Å². The van der Waals surface area contributed by atoms with Gasteiger partial charge in [0, 0.05) is 29.6 Å². The Morgan fingerprint density at radius 2 is 1.93 bits per heavy atom. The Morgan fingerprint density at radius 3 is 2.59 bits per heavy atom. The number of nitrogens with one attached hydrogen (secondary N) is 1. The summed E-state index contributed by atoms with van der Waals surface area (Å²) in [6.45, 7) is 6.52. The molecule has 0 aromatic heterocycles. The number of piperidine rings is 1. The van der Waals surface area contributed by atoms with E-state index >= 15 is 0 Å². The van der Waals surface area contributed by atoms with Crippen molar-refractivity contribution in [3.8, 4) is 0 Å². The van der Waals surface area contributed by atoms with Crippen LogP contribution in [-0.2, 0) is 10.5 Å². The number of hydrogen-bond acceptors (Lipinski definition) is 3. The minimum atomic E-state index is -0.331. The third-order valence-electron chi connectivity index (χ3n) is 5.43. The van der Waals surface area contributed by atoms with Gasteiger partial charge in [0.15, 0.2) is 0 Å². The molecule has 0 spiro atoms. The minimum absolute atomic E-state index is 0.0500. The average molecular weight is 435 g/mol. The molecule has 29 heavy (non-hydrogen) atoms. The number of halogens is 2. The molecule has 1 aliphatic heterocycles. The number of rotatable bonds is 7. The molecule has 1 atom stereocenters. The van der Waals surface area contributed by atoms with E-state index < -0.39 is 0 Å². The zero-order valence-electron chi connectivity index (χ0n) is 17.0. The molecule has 3 nitrogen and oxygen atoms in total. The van der Waals surface area contributed by atoms with Crippen LogP contribution in [0.5, 0.6) is 0 Å². The number of amides is 1. The summed E-state index contributed by atoms with van der Waals surface area (Å²) in [5, 5.41) is 3.40. The Bertz CT molecular complexity index is 822. The van der Waals surface area contributed by atoms with Crippen molar-refractivity contribution in [1.29, 1.82) is 0 Å². The molecular weight excluding hydrogens is 407 g/mol. The maximum absolute atomic E-state index is 13.8. The molecule has 1 saturated heterocycles. The molecule has 156 valence electrons. The number of carbonyl (C=O) groups is 1. The van der Waals surface area contributed by atoms with Crippen LogP contribution in [0.1, 0.15) is 43.9 Å². The van der Waals surface area contributed by atoms with Crippen LogP contribution in [-0.4, -0.2) is 24.7 Å². The minimum Gasteiger partial charge on any atom is -0.372 e. The monoisotopic (exact) mass is 434 g/mol.